The molecule has 4 heteroatoms. The normalized spacial score (nSPS) is 15.1. The Hall–Kier alpha value is -1.29. The van der Waals surface area contributed by atoms with Gasteiger partial charge in [-0.15, -0.1) is 12.4 Å². The number of benzene rings is 2. The van der Waals surface area contributed by atoms with Crippen molar-refractivity contribution in [3.63, 3.8) is 0 Å². The molecule has 3 atom stereocenters. The predicted molar refractivity (Wildman–Crippen MR) is 90.1 cm³/mol. The fraction of sp³-hybridized carbons (Fsp3) is 0.412. The lowest BCUT2D eigenvalue weighted by molar-refractivity contribution is 0.0884. The summed E-state index contributed by atoms with van der Waals surface area (Å²) in [6, 6.07) is 11.5. The third-order valence-electron chi connectivity index (χ3n) is 4.09. The van der Waals surface area contributed by atoms with Crippen LogP contribution in [0.3, 0.4) is 0 Å². The molecular weight excluding hydrogens is 286 g/mol. The Balaban J connectivity index is 0.00000220. The van der Waals surface area contributed by atoms with Crippen LogP contribution in [0.4, 0.5) is 0 Å². The first-order valence-electron chi connectivity index (χ1n) is 7.09. The summed E-state index contributed by atoms with van der Waals surface area (Å²) in [7, 11) is 1.66. The number of aliphatic hydroxyl groups excluding tert-OH is 1. The number of nitrogens with two attached hydrogens (primary N) is 1. The third kappa shape index (κ3) is 3.49. The standard InChI is InChI=1S/C17H23NO2.ClH/c1-4-11(2)17(19)16(18)14-9-10-15(20-3)13-8-6-5-7-12(13)14;/h5-11,16-17,19H,4,18H2,1-3H3;1H/t11?,16-,17+;/m1./s1. The van der Waals surface area contributed by atoms with Gasteiger partial charge in [0, 0.05) is 5.39 Å². The number of rotatable bonds is 5. The van der Waals surface area contributed by atoms with Crippen molar-refractivity contribution in [3.05, 3.63) is 42.0 Å². The molecule has 0 aliphatic heterocycles. The summed E-state index contributed by atoms with van der Waals surface area (Å²) in [4.78, 5) is 0. The van der Waals surface area contributed by atoms with Crippen molar-refractivity contribution in [2.45, 2.75) is 32.4 Å². The van der Waals surface area contributed by atoms with Crippen molar-refractivity contribution in [1.82, 2.24) is 0 Å². The van der Waals surface area contributed by atoms with Gasteiger partial charge in [-0.2, -0.15) is 0 Å². The van der Waals surface area contributed by atoms with Gasteiger partial charge in [-0.3, -0.25) is 0 Å². The first-order valence-corrected chi connectivity index (χ1v) is 7.09. The van der Waals surface area contributed by atoms with Crippen LogP contribution in [-0.2, 0) is 0 Å². The molecule has 21 heavy (non-hydrogen) atoms. The van der Waals surface area contributed by atoms with E-state index in [9.17, 15) is 5.11 Å². The molecule has 2 aromatic rings. The van der Waals surface area contributed by atoms with Gasteiger partial charge >= 0.3 is 0 Å². The molecule has 0 radical (unpaired) electrons. The van der Waals surface area contributed by atoms with Crippen LogP contribution in [0.1, 0.15) is 31.9 Å². The highest BCUT2D eigenvalue weighted by molar-refractivity contribution is 5.91. The Kier molecular flexibility index (Phi) is 6.46. The number of hydrogen-bond acceptors (Lipinski definition) is 3. The number of ether oxygens (including phenoxy) is 1. The maximum absolute atomic E-state index is 10.4. The van der Waals surface area contributed by atoms with Crippen LogP contribution in [0.15, 0.2) is 36.4 Å². The Morgan fingerprint density at radius 1 is 1.14 bits per heavy atom. The van der Waals surface area contributed by atoms with E-state index in [4.69, 9.17) is 10.5 Å². The smallest absolute Gasteiger partial charge is 0.126 e. The molecule has 0 fully saturated rings. The van der Waals surface area contributed by atoms with Crippen LogP contribution < -0.4 is 10.5 Å². The van der Waals surface area contributed by atoms with E-state index < -0.39 is 6.10 Å². The van der Waals surface area contributed by atoms with Gasteiger partial charge in [0.1, 0.15) is 5.75 Å². The van der Waals surface area contributed by atoms with Crippen molar-refractivity contribution < 1.29 is 9.84 Å². The highest BCUT2D eigenvalue weighted by atomic mass is 35.5. The topological polar surface area (TPSA) is 55.5 Å². The summed E-state index contributed by atoms with van der Waals surface area (Å²) in [6.45, 7) is 4.09. The molecule has 116 valence electrons. The van der Waals surface area contributed by atoms with Crippen LogP contribution in [0.2, 0.25) is 0 Å². The lowest BCUT2D eigenvalue weighted by Crippen LogP contribution is -2.31. The van der Waals surface area contributed by atoms with E-state index in [-0.39, 0.29) is 24.4 Å². The Morgan fingerprint density at radius 3 is 2.33 bits per heavy atom. The lowest BCUT2D eigenvalue weighted by atomic mass is 9.89. The van der Waals surface area contributed by atoms with Gasteiger partial charge in [0.05, 0.1) is 19.3 Å². The van der Waals surface area contributed by atoms with Crippen LogP contribution >= 0.6 is 12.4 Å². The lowest BCUT2D eigenvalue weighted by Gasteiger charge is -2.25. The van der Waals surface area contributed by atoms with Crippen LogP contribution in [0.25, 0.3) is 10.8 Å². The number of methoxy groups -OCH3 is 1. The number of fused-ring (bicyclic) bond motifs is 1. The first-order chi connectivity index (χ1) is 9.60. The largest absolute Gasteiger partial charge is 0.496 e. The zero-order chi connectivity index (χ0) is 14.7. The average Bonchev–Trinajstić information content (AvgIpc) is 2.51. The number of hydrogen-bond donors (Lipinski definition) is 2. The molecule has 0 heterocycles. The van der Waals surface area contributed by atoms with Gasteiger partial charge < -0.3 is 15.6 Å². The second kappa shape index (κ2) is 7.64. The van der Waals surface area contributed by atoms with Crippen molar-refractivity contribution >= 4 is 23.2 Å². The molecule has 3 N–H and O–H groups in total. The van der Waals surface area contributed by atoms with Gasteiger partial charge in [0.2, 0.25) is 0 Å². The second-order valence-corrected chi connectivity index (χ2v) is 5.30. The van der Waals surface area contributed by atoms with Gasteiger partial charge in [-0.25, -0.2) is 0 Å². The zero-order valence-corrected chi connectivity index (χ0v) is 13.6. The van der Waals surface area contributed by atoms with Crippen molar-refractivity contribution in [2.75, 3.05) is 7.11 Å². The quantitative estimate of drug-likeness (QED) is 0.886. The van der Waals surface area contributed by atoms with Gasteiger partial charge in [-0.05, 0) is 22.9 Å². The summed E-state index contributed by atoms with van der Waals surface area (Å²) >= 11 is 0. The molecule has 0 aliphatic carbocycles. The maximum atomic E-state index is 10.4. The van der Waals surface area contributed by atoms with E-state index in [1.807, 2.05) is 43.3 Å². The molecule has 0 saturated carbocycles. The number of halogens is 1. The fourth-order valence-electron chi connectivity index (χ4n) is 2.54. The van der Waals surface area contributed by atoms with E-state index in [2.05, 4.69) is 6.92 Å². The summed E-state index contributed by atoms with van der Waals surface area (Å²) in [5, 5.41) is 12.4. The molecule has 2 aromatic carbocycles. The number of aliphatic hydroxyl groups is 1. The molecule has 0 bridgehead atoms. The van der Waals surface area contributed by atoms with E-state index >= 15 is 0 Å². The molecular formula is C17H24ClNO2. The average molecular weight is 310 g/mol. The minimum Gasteiger partial charge on any atom is -0.496 e. The molecule has 0 aromatic heterocycles. The molecule has 0 spiro atoms. The van der Waals surface area contributed by atoms with Crippen molar-refractivity contribution in [2.24, 2.45) is 11.7 Å². The molecule has 0 aliphatic rings. The second-order valence-electron chi connectivity index (χ2n) is 5.30. The first kappa shape index (κ1) is 17.8. The molecule has 0 saturated heterocycles. The van der Waals surface area contributed by atoms with Crippen molar-refractivity contribution in [3.8, 4) is 5.75 Å². The Morgan fingerprint density at radius 2 is 1.76 bits per heavy atom. The van der Waals surface area contributed by atoms with Gasteiger partial charge in [0.25, 0.3) is 0 Å². The van der Waals surface area contributed by atoms with Crippen LogP contribution in [0.5, 0.6) is 5.75 Å². The van der Waals surface area contributed by atoms with Crippen molar-refractivity contribution in [1.29, 1.82) is 0 Å². The SMILES string of the molecule is CCC(C)[C@H](O)[C@H](N)c1ccc(OC)c2ccccc12.Cl. The van der Waals surface area contributed by atoms with E-state index in [1.165, 1.54) is 0 Å². The van der Waals surface area contributed by atoms with Gasteiger partial charge in [-0.1, -0.05) is 50.6 Å². The predicted octanol–water partition coefficient (Wildman–Crippen LogP) is 3.68. The molecule has 2 rings (SSSR count). The fourth-order valence-corrected chi connectivity index (χ4v) is 2.54. The molecule has 3 nitrogen and oxygen atoms in total. The highest BCUT2D eigenvalue weighted by Crippen LogP contribution is 2.33. The summed E-state index contributed by atoms with van der Waals surface area (Å²) in [5.74, 6) is 1.00. The highest BCUT2D eigenvalue weighted by Gasteiger charge is 2.23. The summed E-state index contributed by atoms with van der Waals surface area (Å²) < 4.78 is 5.39. The zero-order valence-electron chi connectivity index (χ0n) is 12.7. The Bertz CT molecular complexity index is 588. The minimum atomic E-state index is -0.545. The summed E-state index contributed by atoms with van der Waals surface area (Å²) in [5.41, 5.74) is 7.25. The van der Waals surface area contributed by atoms with E-state index in [0.717, 1.165) is 28.5 Å². The molecule has 1 unspecified atom stereocenters. The molecule has 0 amide bonds. The summed E-state index contributed by atoms with van der Waals surface area (Å²) in [6.07, 6.45) is 0.361. The minimum absolute atomic E-state index is 0. The Labute approximate surface area is 132 Å². The van der Waals surface area contributed by atoms with Crippen LogP contribution in [0, 0.1) is 5.92 Å². The van der Waals surface area contributed by atoms with Crippen LogP contribution in [-0.4, -0.2) is 18.3 Å². The van der Waals surface area contributed by atoms with E-state index in [1.54, 1.807) is 7.11 Å². The third-order valence-corrected chi connectivity index (χ3v) is 4.09. The van der Waals surface area contributed by atoms with Gasteiger partial charge in [0.15, 0.2) is 0 Å². The maximum Gasteiger partial charge on any atom is 0.126 e. The van der Waals surface area contributed by atoms with E-state index in [0.29, 0.717) is 0 Å². The monoisotopic (exact) mass is 309 g/mol.